The smallest absolute Gasteiger partial charge is 0.433 e. The Morgan fingerprint density at radius 1 is 1.13 bits per heavy atom. The zero-order chi connectivity index (χ0) is 21.9. The van der Waals surface area contributed by atoms with E-state index in [-0.39, 0.29) is 12.1 Å². The maximum absolute atomic E-state index is 12.8. The summed E-state index contributed by atoms with van der Waals surface area (Å²) in [5, 5.41) is 4.26. The number of methoxy groups -OCH3 is 1. The summed E-state index contributed by atoms with van der Waals surface area (Å²) in [6.07, 6.45) is -4.96. The highest BCUT2D eigenvalue weighted by Gasteiger charge is 2.32. The van der Waals surface area contributed by atoms with Gasteiger partial charge in [-0.3, -0.25) is 9.59 Å². The normalized spacial score (nSPS) is 12.4. The first-order valence-electron chi connectivity index (χ1n) is 8.99. The molecule has 0 bridgehead atoms. The number of rotatable bonds is 6. The third kappa shape index (κ3) is 4.73. The number of alkyl halides is 3. The maximum Gasteiger partial charge on any atom is 0.433 e. The number of pyridine rings is 1. The second kappa shape index (κ2) is 8.48. The van der Waals surface area contributed by atoms with Crippen molar-refractivity contribution in [2.75, 3.05) is 7.11 Å². The predicted octanol–water partition coefficient (Wildman–Crippen LogP) is 3.71. The summed E-state index contributed by atoms with van der Waals surface area (Å²) in [5.41, 5.74) is -0.471. The Morgan fingerprint density at radius 2 is 1.87 bits per heavy atom. The van der Waals surface area contributed by atoms with Crippen LogP contribution in [0.3, 0.4) is 0 Å². The van der Waals surface area contributed by atoms with Gasteiger partial charge in [0.25, 0.3) is 5.56 Å². The lowest BCUT2D eigenvalue weighted by Crippen LogP contribution is -2.31. The number of ketones is 1. The van der Waals surface area contributed by atoms with E-state index >= 15 is 0 Å². The summed E-state index contributed by atoms with van der Waals surface area (Å²) in [6, 6.07) is 12.2. The first-order chi connectivity index (χ1) is 14.2. The number of halogens is 3. The van der Waals surface area contributed by atoms with Gasteiger partial charge < -0.3 is 4.74 Å². The van der Waals surface area contributed by atoms with Gasteiger partial charge in [0, 0.05) is 17.3 Å². The summed E-state index contributed by atoms with van der Waals surface area (Å²) in [5.74, 6) is 0.117. The topological polar surface area (TPSA) is 74.1 Å². The zero-order valence-corrected chi connectivity index (χ0v) is 16.2. The van der Waals surface area contributed by atoms with Gasteiger partial charge in [0.1, 0.15) is 17.5 Å². The van der Waals surface area contributed by atoms with Crippen molar-refractivity contribution >= 4 is 5.78 Å². The SMILES string of the molecule is COc1cccc(-c2ccc(=O)n(C(C)C(=O)Cc3cccc(C(F)(F)F)n3)n2)c1. The monoisotopic (exact) mass is 417 g/mol. The van der Waals surface area contributed by atoms with Gasteiger partial charge in [-0.2, -0.15) is 18.3 Å². The third-order valence-electron chi connectivity index (χ3n) is 4.48. The molecule has 2 aromatic heterocycles. The van der Waals surface area contributed by atoms with Gasteiger partial charge in [0.2, 0.25) is 0 Å². The van der Waals surface area contributed by atoms with E-state index in [0.717, 1.165) is 10.7 Å². The molecule has 0 saturated carbocycles. The minimum atomic E-state index is -4.60. The Bertz CT molecular complexity index is 1130. The Kier molecular flexibility index (Phi) is 6.00. The molecule has 0 saturated heterocycles. The van der Waals surface area contributed by atoms with Crippen LogP contribution in [0, 0.1) is 0 Å². The molecule has 1 unspecified atom stereocenters. The third-order valence-corrected chi connectivity index (χ3v) is 4.48. The van der Waals surface area contributed by atoms with E-state index < -0.39 is 29.3 Å². The molecule has 156 valence electrons. The lowest BCUT2D eigenvalue weighted by atomic mass is 10.1. The number of benzene rings is 1. The van der Waals surface area contributed by atoms with Crippen LogP contribution in [0.15, 0.2) is 59.4 Å². The summed E-state index contributed by atoms with van der Waals surface area (Å²) < 4.78 is 44.7. The average Bonchev–Trinajstić information content (AvgIpc) is 2.73. The molecule has 0 aliphatic rings. The molecule has 6 nitrogen and oxygen atoms in total. The summed E-state index contributed by atoms with van der Waals surface area (Å²) >= 11 is 0. The molecule has 0 fully saturated rings. The molecule has 0 aliphatic heterocycles. The van der Waals surface area contributed by atoms with E-state index in [1.54, 1.807) is 24.3 Å². The molecular weight excluding hydrogens is 399 g/mol. The number of carbonyl (C=O) groups is 1. The fourth-order valence-electron chi connectivity index (χ4n) is 2.84. The second-order valence-electron chi connectivity index (χ2n) is 6.56. The molecule has 9 heteroatoms. The Morgan fingerprint density at radius 3 is 2.57 bits per heavy atom. The van der Waals surface area contributed by atoms with Crippen LogP contribution in [0.4, 0.5) is 13.2 Å². The standard InChI is InChI=1S/C21H18F3N3O3/c1-13(18(28)12-15-6-4-8-19(25-15)21(22,23)24)27-20(29)10-9-17(26-27)14-5-3-7-16(11-14)30-2/h3-11,13H,12H2,1-2H3. The lowest BCUT2D eigenvalue weighted by molar-refractivity contribution is -0.141. The van der Waals surface area contributed by atoms with Crippen molar-refractivity contribution in [2.24, 2.45) is 0 Å². The highest BCUT2D eigenvalue weighted by atomic mass is 19.4. The quantitative estimate of drug-likeness (QED) is 0.611. The van der Waals surface area contributed by atoms with Crippen LogP contribution < -0.4 is 10.3 Å². The number of hydrogen-bond acceptors (Lipinski definition) is 5. The molecule has 0 N–H and O–H groups in total. The van der Waals surface area contributed by atoms with Crippen LogP contribution >= 0.6 is 0 Å². The zero-order valence-electron chi connectivity index (χ0n) is 16.2. The minimum Gasteiger partial charge on any atom is -0.497 e. The molecule has 0 spiro atoms. The van der Waals surface area contributed by atoms with E-state index in [1.165, 1.54) is 38.3 Å². The van der Waals surface area contributed by atoms with E-state index in [9.17, 15) is 22.8 Å². The predicted molar refractivity (Wildman–Crippen MR) is 103 cm³/mol. The lowest BCUT2D eigenvalue weighted by Gasteiger charge is -2.14. The Hall–Kier alpha value is -3.49. The molecule has 30 heavy (non-hydrogen) atoms. The van der Waals surface area contributed by atoms with Gasteiger partial charge in [0.15, 0.2) is 5.78 Å². The number of aromatic nitrogens is 3. The minimum absolute atomic E-state index is 0.0290. The van der Waals surface area contributed by atoms with Gasteiger partial charge in [-0.25, -0.2) is 9.67 Å². The van der Waals surface area contributed by atoms with Crippen molar-refractivity contribution < 1.29 is 22.7 Å². The molecule has 0 amide bonds. The molecule has 0 aliphatic carbocycles. The van der Waals surface area contributed by atoms with Gasteiger partial charge in [-0.1, -0.05) is 18.2 Å². The summed E-state index contributed by atoms with van der Waals surface area (Å²) in [6.45, 7) is 1.47. The van der Waals surface area contributed by atoms with Crippen LogP contribution in [0.5, 0.6) is 5.75 Å². The van der Waals surface area contributed by atoms with Gasteiger partial charge in [-0.05, 0) is 37.3 Å². The molecular formula is C21H18F3N3O3. The summed E-state index contributed by atoms with van der Waals surface area (Å²) in [4.78, 5) is 28.4. The molecule has 2 heterocycles. The average molecular weight is 417 g/mol. The molecule has 0 radical (unpaired) electrons. The number of hydrogen-bond donors (Lipinski definition) is 0. The summed E-state index contributed by atoms with van der Waals surface area (Å²) in [7, 11) is 1.52. The first kappa shape index (κ1) is 21.2. The van der Waals surface area contributed by atoms with Crippen LogP contribution in [0.1, 0.15) is 24.4 Å². The van der Waals surface area contributed by atoms with Crippen molar-refractivity contribution in [2.45, 2.75) is 25.6 Å². The van der Waals surface area contributed by atoms with Crippen LogP contribution in [-0.2, 0) is 17.4 Å². The van der Waals surface area contributed by atoms with Crippen molar-refractivity contribution in [1.29, 1.82) is 0 Å². The fourth-order valence-corrected chi connectivity index (χ4v) is 2.84. The Labute approximate surface area is 170 Å². The van der Waals surface area contributed by atoms with Crippen molar-refractivity contribution in [3.8, 4) is 17.0 Å². The Balaban J connectivity index is 1.86. The van der Waals surface area contributed by atoms with E-state index in [1.807, 2.05) is 0 Å². The second-order valence-corrected chi connectivity index (χ2v) is 6.56. The van der Waals surface area contributed by atoms with Crippen LogP contribution in [-0.4, -0.2) is 27.7 Å². The van der Waals surface area contributed by atoms with E-state index in [0.29, 0.717) is 17.0 Å². The van der Waals surface area contributed by atoms with E-state index in [4.69, 9.17) is 4.74 Å². The molecule has 3 rings (SSSR count). The molecule has 1 aromatic carbocycles. The first-order valence-corrected chi connectivity index (χ1v) is 8.99. The van der Waals surface area contributed by atoms with Gasteiger partial charge in [-0.15, -0.1) is 0 Å². The van der Waals surface area contributed by atoms with Crippen molar-refractivity contribution in [3.63, 3.8) is 0 Å². The van der Waals surface area contributed by atoms with Gasteiger partial charge >= 0.3 is 6.18 Å². The highest BCUT2D eigenvalue weighted by molar-refractivity contribution is 5.84. The number of Topliss-reactive ketones (excluding diaryl/α,β-unsaturated/α-hetero) is 1. The van der Waals surface area contributed by atoms with Crippen molar-refractivity contribution in [1.82, 2.24) is 14.8 Å². The van der Waals surface area contributed by atoms with Gasteiger partial charge in [0.05, 0.1) is 19.2 Å². The van der Waals surface area contributed by atoms with Crippen LogP contribution in [0.25, 0.3) is 11.3 Å². The van der Waals surface area contributed by atoms with E-state index in [2.05, 4.69) is 10.1 Å². The number of carbonyl (C=O) groups excluding carboxylic acids is 1. The highest BCUT2D eigenvalue weighted by Crippen LogP contribution is 2.27. The molecule has 1 atom stereocenters. The number of ether oxygens (including phenoxy) is 1. The largest absolute Gasteiger partial charge is 0.497 e. The molecule has 3 aromatic rings. The van der Waals surface area contributed by atoms with Crippen molar-refractivity contribution in [3.05, 3.63) is 76.3 Å². The van der Waals surface area contributed by atoms with Crippen LogP contribution in [0.2, 0.25) is 0 Å². The fraction of sp³-hybridized carbons (Fsp3) is 0.238. The maximum atomic E-state index is 12.8. The number of nitrogens with zero attached hydrogens (tertiary/aromatic N) is 3.